The maximum atomic E-state index is 12.2. The third-order valence-corrected chi connectivity index (χ3v) is 4.91. The molecule has 1 amide bonds. The summed E-state index contributed by atoms with van der Waals surface area (Å²) in [6, 6.07) is 3.97. The zero-order chi connectivity index (χ0) is 14.0. The minimum Gasteiger partial charge on any atom is -0.355 e. The van der Waals surface area contributed by atoms with Crippen LogP contribution in [0.1, 0.15) is 18.4 Å². The molecule has 1 fully saturated rings. The van der Waals surface area contributed by atoms with E-state index in [2.05, 4.69) is 10.0 Å². The predicted molar refractivity (Wildman–Crippen MR) is 72.5 cm³/mol. The summed E-state index contributed by atoms with van der Waals surface area (Å²) in [4.78, 5) is 11.6. The van der Waals surface area contributed by atoms with Crippen molar-refractivity contribution in [1.29, 1.82) is 0 Å². The van der Waals surface area contributed by atoms with E-state index in [1.807, 2.05) is 6.92 Å². The summed E-state index contributed by atoms with van der Waals surface area (Å²) < 4.78 is 26.8. The molecule has 0 radical (unpaired) electrons. The van der Waals surface area contributed by atoms with Gasteiger partial charge in [-0.2, -0.15) is 4.72 Å². The first-order chi connectivity index (χ1) is 8.90. The second-order valence-corrected chi connectivity index (χ2v) is 6.63. The van der Waals surface area contributed by atoms with E-state index in [0.29, 0.717) is 13.0 Å². The number of aryl methyl sites for hydroxylation is 1. The summed E-state index contributed by atoms with van der Waals surface area (Å²) in [7, 11) is -3.78. The van der Waals surface area contributed by atoms with Gasteiger partial charge in [-0.3, -0.25) is 4.79 Å². The molecule has 1 aliphatic heterocycles. The number of sulfonamides is 1. The van der Waals surface area contributed by atoms with Crippen LogP contribution in [0.25, 0.3) is 0 Å². The van der Waals surface area contributed by atoms with E-state index in [-0.39, 0.29) is 15.8 Å². The van der Waals surface area contributed by atoms with Gasteiger partial charge in [-0.05, 0) is 37.5 Å². The average Bonchev–Trinajstić information content (AvgIpc) is 2.31. The van der Waals surface area contributed by atoms with E-state index in [1.165, 1.54) is 6.07 Å². The lowest BCUT2D eigenvalue weighted by Gasteiger charge is -2.22. The molecule has 1 unspecified atom stereocenters. The van der Waals surface area contributed by atoms with Gasteiger partial charge in [-0.15, -0.1) is 0 Å². The van der Waals surface area contributed by atoms with Crippen LogP contribution in [0, 0.1) is 6.92 Å². The zero-order valence-corrected chi connectivity index (χ0v) is 12.0. The molecular formula is C12H15ClN2O3S. The Kier molecular flexibility index (Phi) is 4.13. The number of carbonyl (C=O) groups excluding carboxylic acids is 1. The Morgan fingerprint density at radius 1 is 1.42 bits per heavy atom. The Bertz CT molecular complexity index is 601. The predicted octanol–water partition coefficient (Wildman–Crippen LogP) is 1.21. The summed E-state index contributed by atoms with van der Waals surface area (Å²) in [5, 5.41) is 2.79. The van der Waals surface area contributed by atoms with Gasteiger partial charge < -0.3 is 5.32 Å². The van der Waals surface area contributed by atoms with Gasteiger partial charge in [0.15, 0.2) is 0 Å². The smallest absolute Gasteiger partial charge is 0.242 e. The molecule has 1 aliphatic rings. The van der Waals surface area contributed by atoms with Crippen LogP contribution in [0.15, 0.2) is 23.1 Å². The first kappa shape index (κ1) is 14.3. The molecule has 7 heteroatoms. The van der Waals surface area contributed by atoms with E-state index in [1.54, 1.807) is 12.1 Å². The second kappa shape index (κ2) is 5.48. The Hall–Kier alpha value is -1.11. The molecule has 0 aliphatic carbocycles. The highest BCUT2D eigenvalue weighted by Crippen LogP contribution is 2.23. The lowest BCUT2D eigenvalue weighted by Crippen LogP contribution is -2.50. The molecule has 0 aromatic heterocycles. The fourth-order valence-electron chi connectivity index (χ4n) is 1.96. The standard InChI is InChI=1S/C12H15ClN2O3S/c1-8-4-5-11(9(13)7-8)19(17,18)15-10-3-2-6-14-12(10)16/h4-5,7,10,15H,2-3,6H2,1H3,(H,14,16). The lowest BCUT2D eigenvalue weighted by molar-refractivity contribution is -0.124. The summed E-state index contributed by atoms with van der Waals surface area (Å²) in [6.07, 6.45) is 1.25. The molecule has 1 aromatic rings. The zero-order valence-electron chi connectivity index (χ0n) is 10.4. The van der Waals surface area contributed by atoms with Crippen molar-refractivity contribution in [2.75, 3.05) is 6.54 Å². The molecule has 1 atom stereocenters. The van der Waals surface area contributed by atoms with Crippen LogP contribution in [0.3, 0.4) is 0 Å². The van der Waals surface area contributed by atoms with E-state index >= 15 is 0 Å². The SMILES string of the molecule is Cc1ccc(S(=O)(=O)NC2CCCNC2=O)c(Cl)c1. The molecule has 1 aromatic carbocycles. The maximum absolute atomic E-state index is 12.2. The molecule has 5 nitrogen and oxygen atoms in total. The summed E-state index contributed by atoms with van der Waals surface area (Å²) in [6.45, 7) is 2.41. The third-order valence-electron chi connectivity index (χ3n) is 2.96. The average molecular weight is 303 g/mol. The minimum absolute atomic E-state index is 0.00172. The van der Waals surface area contributed by atoms with Crippen molar-refractivity contribution in [2.45, 2.75) is 30.7 Å². The fraction of sp³-hybridized carbons (Fsp3) is 0.417. The molecule has 0 bridgehead atoms. The van der Waals surface area contributed by atoms with Crippen LogP contribution in [0.5, 0.6) is 0 Å². The number of amides is 1. The summed E-state index contributed by atoms with van der Waals surface area (Å²) >= 11 is 5.95. The van der Waals surface area contributed by atoms with Gasteiger partial charge in [-0.25, -0.2) is 8.42 Å². The summed E-state index contributed by atoms with van der Waals surface area (Å²) in [5.41, 5.74) is 0.874. The number of carbonyl (C=O) groups is 1. The van der Waals surface area contributed by atoms with Gasteiger partial charge in [-0.1, -0.05) is 17.7 Å². The van der Waals surface area contributed by atoms with E-state index in [9.17, 15) is 13.2 Å². The number of rotatable bonds is 3. The van der Waals surface area contributed by atoms with Crippen LogP contribution in [0.4, 0.5) is 0 Å². The lowest BCUT2D eigenvalue weighted by atomic mass is 10.1. The van der Waals surface area contributed by atoms with Gasteiger partial charge in [0.2, 0.25) is 15.9 Å². The van der Waals surface area contributed by atoms with Crippen LogP contribution in [-0.2, 0) is 14.8 Å². The van der Waals surface area contributed by atoms with Crippen molar-refractivity contribution in [3.05, 3.63) is 28.8 Å². The number of nitrogens with one attached hydrogen (secondary N) is 2. The van der Waals surface area contributed by atoms with Crippen molar-refractivity contribution in [3.63, 3.8) is 0 Å². The van der Waals surface area contributed by atoms with Gasteiger partial charge >= 0.3 is 0 Å². The van der Waals surface area contributed by atoms with Crippen molar-refractivity contribution in [1.82, 2.24) is 10.0 Å². The van der Waals surface area contributed by atoms with Gasteiger partial charge in [0.25, 0.3) is 0 Å². The Morgan fingerprint density at radius 2 is 2.16 bits per heavy atom. The highest BCUT2D eigenvalue weighted by atomic mass is 35.5. The first-order valence-electron chi connectivity index (χ1n) is 5.96. The Labute approximate surface area is 117 Å². The van der Waals surface area contributed by atoms with Crippen molar-refractivity contribution < 1.29 is 13.2 Å². The van der Waals surface area contributed by atoms with Crippen molar-refractivity contribution >= 4 is 27.5 Å². The number of piperidine rings is 1. The molecule has 2 N–H and O–H groups in total. The maximum Gasteiger partial charge on any atom is 0.242 e. The quantitative estimate of drug-likeness (QED) is 0.881. The molecule has 19 heavy (non-hydrogen) atoms. The van der Waals surface area contributed by atoms with E-state index in [0.717, 1.165) is 12.0 Å². The first-order valence-corrected chi connectivity index (χ1v) is 7.82. The van der Waals surface area contributed by atoms with Gasteiger partial charge in [0.1, 0.15) is 10.9 Å². The van der Waals surface area contributed by atoms with Crippen LogP contribution < -0.4 is 10.0 Å². The van der Waals surface area contributed by atoms with Gasteiger partial charge in [0, 0.05) is 6.54 Å². The summed E-state index contributed by atoms with van der Waals surface area (Å²) in [5.74, 6) is -0.293. The third kappa shape index (κ3) is 3.26. The minimum atomic E-state index is -3.78. The molecule has 104 valence electrons. The van der Waals surface area contributed by atoms with Crippen LogP contribution in [0.2, 0.25) is 5.02 Å². The second-order valence-electron chi connectivity index (χ2n) is 4.54. The highest BCUT2D eigenvalue weighted by Gasteiger charge is 2.28. The van der Waals surface area contributed by atoms with Crippen LogP contribution in [-0.4, -0.2) is 26.9 Å². The monoisotopic (exact) mass is 302 g/mol. The Balaban J connectivity index is 2.24. The molecular weight excluding hydrogens is 288 g/mol. The van der Waals surface area contributed by atoms with Gasteiger partial charge in [0.05, 0.1) is 5.02 Å². The van der Waals surface area contributed by atoms with Crippen molar-refractivity contribution in [2.24, 2.45) is 0 Å². The number of halogens is 1. The van der Waals surface area contributed by atoms with Crippen molar-refractivity contribution in [3.8, 4) is 0 Å². The Morgan fingerprint density at radius 3 is 2.79 bits per heavy atom. The molecule has 0 spiro atoms. The topological polar surface area (TPSA) is 75.3 Å². The largest absolute Gasteiger partial charge is 0.355 e. The molecule has 1 saturated heterocycles. The fourth-order valence-corrected chi connectivity index (χ4v) is 3.79. The molecule has 1 heterocycles. The number of hydrogen-bond acceptors (Lipinski definition) is 3. The van der Waals surface area contributed by atoms with Crippen LogP contribution >= 0.6 is 11.6 Å². The molecule has 2 rings (SSSR count). The number of hydrogen-bond donors (Lipinski definition) is 2. The molecule has 0 saturated carbocycles. The normalized spacial score (nSPS) is 20.1. The highest BCUT2D eigenvalue weighted by molar-refractivity contribution is 7.89. The van der Waals surface area contributed by atoms with E-state index in [4.69, 9.17) is 11.6 Å². The van der Waals surface area contributed by atoms with E-state index < -0.39 is 16.1 Å². The number of benzene rings is 1.